The van der Waals surface area contributed by atoms with Crippen molar-refractivity contribution in [3.63, 3.8) is 0 Å². The Morgan fingerprint density at radius 2 is 1.63 bits per heavy atom. The zero-order valence-corrected chi connectivity index (χ0v) is 11.9. The summed E-state index contributed by atoms with van der Waals surface area (Å²) in [4.78, 5) is 24.8. The maximum atomic E-state index is 12.1. The van der Waals surface area contributed by atoms with Crippen molar-refractivity contribution >= 4 is 11.9 Å². The highest BCUT2D eigenvalue weighted by Crippen LogP contribution is 2.44. The summed E-state index contributed by atoms with van der Waals surface area (Å²) >= 11 is 0. The van der Waals surface area contributed by atoms with Gasteiger partial charge in [-0.25, -0.2) is 0 Å². The third kappa shape index (κ3) is 3.28. The summed E-state index contributed by atoms with van der Waals surface area (Å²) in [7, 11) is 0. The minimum Gasteiger partial charge on any atom is -0.481 e. The molecule has 19 heavy (non-hydrogen) atoms. The van der Waals surface area contributed by atoms with E-state index in [2.05, 4.69) is 0 Å². The second-order valence-corrected chi connectivity index (χ2v) is 6.30. The highest BCUT2D eigenvalue weighted by molar-refractivity contribution is 5.96. The average Bonchev–Trinajstić information content (AvgIpc) is 2.61. The third-order valence-corrected chi connectivity index (χ3v) is 5.01. The largest absolute Gasteiger partial charge is 0.481 e. The van der Waals surface area contributed by atoms with E-state index in [0.717, 1.165) is 25.9 Å². The molecule has 1 aliphatic carbocycles. The average molecular weight is 267 g/mol. The molecule has 4 nitrogen and oxygen atoms in total. The summed E-state index contributed by atoms with van der Waals surface area (Å²) in [5.41, 5.74) is 0.444. The topological polar surface area (TPSA) is 57.6 Å². The monoisotopic (exact) mass is 267 g/mol. The van der Waals surface area contributed by atoms with Crippen LogP contribution in [0.5, 0.6) is 0 Å². The van der Waals surface area contributed by atoms with Gasteiger partial charge >= 0.3 is 5.97 Å². The molecule has 0 aromatic heterocycles. The van der Waals surface area contributed by atoms with Gasteiger partial charge in [0.25, 0.3) is 0 Å². The normalized spacial score (nSPS) is 24.8. The SMILES string of the molecule is CC(C(=O)O)C(=O)N1CCCC2(CCCCC2)CC1. The lowest BCUT2D eigenvalue weighted by molar-refractivity contribution is -0.150. The smallest absolute Gasteiger partial charge is 0.315 e. The summed E-state index contributed by atoms with van der Waals surface area (Å²) in [6, 6.07) is 0. The Hall–Kier alpha value is -1.06. The molecule has 1 saturated heterocycles. The van der Waals surface area contributed by atoms with Gasteiger partial charge in [0.05, 0.1) is 0 Å². The minimum atomic E-state index is -1.01. The Kier molecular flexibility index (Phi) is 4.48. The molecule has 0 radical (unpaired) electrons. The number of amides is 1. The molecule has 2 aliphatic rings. The Balaban J connectivity index is 1.96. The predicted molar refractivity (Wildman–Crippen MR) is 72.7 cm³/mol. The van der Waals surface area contributed by atoms with Crippen LogP contribution in [0.4, 0.5) is 0 Å². The van der Waals surface area contributed by atoms with Crippen molar-refractivity contribution in [2.75, 3.05) is 13.1 Å². The summed E-state index contributed by atoms with van der Waals surface area (Å²) in [5, 5.41) is 8.95. The molecule has 1 amide bonds. The quantitative estimate of drug-likeness (QED) is 0.783. The highest BCUT2D eigenvalue weighted by Gasteiger charge is 2.36. The summed E-state index contributed by atoms with van der Waals surface area (Å²) < 4.78 is 0. The number of likely N-dealkylation sites (tertiary alicyclic amines) is 1. The molecule has 1 spiro atoms. The maximum Gasteiger partial charge on any atom is 0.315 e. The number of carboxylic acids is 1. The molecule has 4 heteroatoms. The number of hydrogen-bond acceptors (Lipinski definition) is 2. The molecule has 0 aromatic carbocycles. The van der Waals surface area contributed by atoms with E-state index in [9.17, 15) is 9.59 Å². The van der Waals surface area contributed by atoms with Crippen LogP contribution >= 0.6 is 0 Å². The first kappa shape index (κ1) is 14.4. The lowest BCUT2D eigenvalue weighted by atomic mass is 9.69. The van der Waals surface area contributed by atoms with Gasteiger partial charge in [0.2, 0.25) is 5.91 Å². The van der Waals surface area contributed by atoms with Gasteiger partial charge in [0.15, 0.2) is 0 Å². The van der Waals surface area contributed by atoms with Crippen LogP contribution in [0.3, 0.4) is 0 Å². The van der Waals surface area contributed by atoms with Crippen molar-refractivity contribution in [3.05, 3.63) is 0 Å². The number of aliphatic carboxylic acids is 1. The molecule has 1 heterocycles. The molecular weight excluding hydrogens is 242 g/mol. The van der Waals surface area contributed by atoms with Crippen molar-refractivity contribution in [2.24, 2.45) is 11.3 Å². The van der Waals surface area contributed by atoms with Gasteiger partial charge < -0.3 is 10.0 Å². The van der Waals surface area contributed by atoms with E-state index < -0.39 is 11.9 Å². The van der Waals surface area contributed by atoms with Crippen LogP contribution < -0.4 is 0 Å². The maximum absolute atomic E-state index is 12.1. The number of hydrogen-bond donors (Lipinski definition) is 1. The van der Waals surface area contributed by atoms with Crippen molar-refractivity contribution in [3.8, 4) is 0 Å². The molecule has 1 aliphatic heterocycles. The van der Waals surface area contributed by atoms with Crippen LogP contribution in [-0.2, 0) is 9.59 Å². The fourth-order valence-corrected chi connectivity index (χ4v) is 3.66. The van der Waals surface area contributed by atoms with Gasteiger partial charge in [-0.1, -0.05) is 19.3 Å². The van der Waals surface area contributed by atoms with Crippen LogP contribution in [0, 0.1) is 11.3 Å². The summed E-state index contributed by atoms with van der Waals surface area (Å²) in [5.74, 6) is -2.12. The number of carbonyl (C=O) groups excluding carboxylic acids is 1. The molecule has 108 valence electrons. The molecule has 1 atom stereocenters. The highest BCUT2D eigenvalue weighted by atomic mass is 16.4. The number of carboxylic acid groups (broad SMARTS) is 1. The Labute approximate surface area is 115 Å². The zero-order chi connectivity index (χ0) is 13.9. The predicted octanol–water partition coefficient (Wildman–Crippen LogP) is 2.67. The Morgan fingerprint density at radius 1 is 1.00 bits per heavy atom. The zero-order valence-electron chi connectivity index (χ0n) is 11.9. The minimum absolute atomic E-state index is 0.208. The van der Waals surface area contributed by atoms with E-state index in [-0.39, 0.29) is 5.91 Å². The fourth-order valence-electron chi connectivity index (χ4n) is 3.66. The van der Waals surface area contributed by atoms with Crippen molar-refractivity contribution in [2.45, 2.75) is 58.3 Å². The van der Waals surface area contributed by atoms with Crippen LogP contribution in [0.1, 0.15) is 58.3 Å². The first-order chi connectivity index (χ1) is 9.04. The molecule has 1 unspecified atom stereocenters. The van der Waals surface area contributed by atoms with E-state index in [0.29, 0.717) is 5.41 Å². The van der Waals surface area contributed by atoms with Gasteiger partial charge in [0, 0.05) is 13.1 Å². The lowest BCUT2D eigenvalue weighted by Crippen LogP contribution is -2.39. The third-order valence-electron chi connectivity index (χ3n) is 5.01. The summed E-state index contributed by atoms with van der Waals surface area (Å²) in [6.07, 6.45) is 9.87. The first-order valence-electron chi connectivity index (χ1n) is 7.56. The first-order valence-corrected chi connectivity index (χ1v) is 7.56. The van der Waals surface area contributed by atoms with Crippen LogP contribution in [0.2, 0.25) is 0 Å². The van der Waals surface area contributed by atoms with Gasteiger partial charge in [-0.2, -0.15) is 0 Å². The van der Waals surface area contributed by atoms with Crippen molar-refractivity contribution in [1.82, 2.24) is 4.90 Å². The van der Waals surface area contributed by atoms with Gasteiger partial charge in [-0.15, -0.1) is 0 Å². The Morgan fingerprint density at radius 3 is 2.26 bits per heavy atom. The van der Waals surface area contributed by atoms with Gasteiger partial charge in [-0.05, 0) is 44.4 Å². The van der Waals surface area contributed by atoms with Crippen LogP contribution in [0.15, 0.2) is 0 Å². The standard InChI is InChI=1S/C15H25NO3/c1-12(14(18)19)13(17)16-10-5-8-15(9-11-16)6-3-2-4-7-15/h12H,2-11H2,1H3,(H,18,19). The molecular formula is C15H25NO3. The van der Waals surface area contributed by atoms with E-state index in [1.54, 1.807) is 4.90 Å². The van der Waals surface area contributed by atoms with Crippen LogP contribution in [0.25, 0.3) is 0 Å². The fraction of sp³-hybridized carbons (Fsp3) is 0.867. The molecule has 0 bridgehead atoms. The second kappa shape index (κ2) is 5.93. The molecule has 1 saturated carbocycles. The number of nitrogens with zero attached hydrogens (tertiary/aromatic N) is 1. The molecule has 1 N–H and O–H groups in total. The summed E-state index contributed by atoms with van der Waals surface area (Å²) in [6.45, 7) is 2.97. The lowest BCUT2D eigenvalue weighted by Gasteiger charge is -2.36. The molecule has 0 aromatic rings. The number of carbonyl (C=O) groups is 2. The molecule has 2 fully saturated rings. The van der Waals surface area contributed by atoms with E-state index in [4.69, 9.17) is 5.11 Å². The van der Waals surface area contributed by atoms with E-state index >= 15 is 0 Å². The Bertz CT molecular complexity index is 347. The van der Waals surface area contributed by atoms with Crippen molar-refractivity contribution < 1.29 is 14.7 Å². The van der Waals surface area contributed by atoms with Gasteiger partial charge in [-0.3, -0.25) is 9.59 Å². The van der Waals surface area contributed by atoms with E-state index in [1.165, 1.54) is 45.4 Å². The second-order valence-electron chi connectivity index (χ2n) is 6.30. The van der Waals surface area contributed by atoms with Crippen molar-refractivity contribution in [1.29, 1.82) is 0 Å². The number of rotatable bonds is 2. The van der Waals surface area contributed by atoms with E-state index in [1.807, 2.05) is 0 Å². The van der Waals surface area contributed by atoms with Crippen LogP contribution in [-0.4, -0.2) is 35.0 Å². The van der Waals surface area contributed by atoms with Gasteiger partial charge in [0.1, 0.15) is 5.92 Å². The molecule has 2 rings (SSSR count).